The summed E-state index contributed by atoms with van der Waals surface area (Å²) in [5.41, 5.74) is 3.10. The lowest BCUT2D eigenvalue weighted by molar-refractivity contribution is -0.141. The highest BCUT2D eigenvalue weighted by Gasteiger charge is 2.46. The number of thiophene rings is 1. The van der Waals surface area contributed by atoms with Gasteiger partial charge in [-0.1, -0.05) is 78.9 Å². The molecule has 1 atom stereocenters. The van der Waals surface area contributed by atoms with Crippen LogP contribution in [0.3, 0.4) is 0 Å². The number of benzene rings is 3. The van der Waals surface area contributed by atoms with E-state index in [1.54, 1.807) is 6.92 Å². The molecule has 0 aliphatic heterocycles. The normalized spacial score (nSPS) is 14.6. The molecule has 2 heterocycles. The Morgan fingerprint density at radius 2 is 1.56 bits per heavy atom. The SMILES string of the molecule is C[C@@H](OC(=O)Nc1c(-c2ccc(-c3ccc(C4(OC=O)CC4)cc3)cc2)sc2nc(C(F)(F)F)ccc12)c1ccccc1. The van der Waals surface area contributed by atoms with Crippen molar-refractivity contribution in [1.82, 2.24) is 4.98 Å². The third-order valence-electron chi connectivity index (χ3n) is 7.49. The molecule has 6 nitrogen and oxygen atoms in total. The van der Waals surface area contributed by atoms with Crippen molar-refractivity contribution >= 4 is 39.8 Å². The van der Waals surface area contributed by atoms with Crippen molar-refractivity contribution in [3.8, 4) is 21.6 Å². The maximum atomic E-state index is 13.4. The van der Waals surface area contributed by atoms with E-state index < -0.39 is 29.7 Å². The lowest BCUT2D eigenvalue weighted by Gasteiger charge is -2.15. The van der Waals surface area contributed by atoms with Gasteiger partial charge in [0.15, 0.2) is 0 Å². The number of anilines is 1. The second-order valence-electron chi connectivity index (χ2n) is 10.3. The molecule has 1 saturated carbocycles. The Labute approximate surface area is 249 Å². The number of halogens is 3. The summed E-state index contributed by atoms with van der Waals surface area (Å²) >= 11 is 1.06. The molecule has 43 heavy (non-hydrogen) atoms. The summed E-state index contributed by atoms with van der Waals surface area (Å²) in [5, 5.41) is 3.14. The smallest absolute Gasteiger partial charge is 0.433 e. The number of nitrogens with one attached hydrogen (secondary N) is 1. The van der Waals surface area contributed by atoms with Crippen molar-refractivity contribution in [3.05, 3.63) is 108 Å². The van der Waals surface area contributed by atoms with Gasteiger partial charge in [0, 0.05) is 5.39 Å². The van der Waals surface area contributed by atoms with Gasteiger partial charge in [0.1, 0.15) is 22.2 Å². The van der Waals surface area contributed by atoms with E-state index in [0.717, 1.165) is 52.5 Å². The molecule has 1 amide bonds. The Morgan fingerprint density at radius 3 is 2.16 bits per heavy atom. The predicted octanol–water partition coefficient (Wildman–Crippen LogP) is 9.12. The van der Waals surface area contributed by atoms with Crippen LogP contribution < -0.4 is 5.32 Å². The number of hydrogen-bond acceptors (Lipinski definition) is 6. The first-order chi connectivity index (χ1) is 20.7. The highest BCUT2D eigenvalue weighted by atomic mass is 32.1. The topological polar surface area (TPSA) is 77.5 Å². The molecule has 1 fully saturated rings. The molecule has 1 aliphatic rings. The zero-order valence-electron chi connectivity index (χ0n) is 22.9. The van der Waals surface area contributed by atoms with Gasteiger partial charge in [-0.15, -0.1) is 11.3 Å². The molecular weight excluding hydrogens is 577 g/mol. The van der Waals surface area contributed by atoms with Gasteiger partial charge in [-0.3, -0.25) is 10.1 Å². The van der Waals surface area contributed by atoms with Gasteiger partial charge in [-0.05, 0) is 59.7 Å². The molecule has 0 spiro atoms. The molecule has 6 rings (SSSR count). The number of aromatic nitrogens is 1. The summed E-state index contributed by atoms with van der Waals surface area (Å²) < 4.78 is 51.2. The van der Waals surface area contributed by atoms with E-state index in [0.29, 0.717) is 28.0 Å². The molecular formula is C33H25F3N2O4S. The fourth-order valence-corrected chi connectivity index (χ4v) is 6.14. The van der Waals surface area contributed by atoms with Crippen LogP contribution in [0.25, 0.3) is 31.8 Å². The van der Waals surface area contributed by atoms with E-state index in [9.17, 15) is 22.8 Å². The Balaban J connectivity index is 1.30. The molecule has 5 aromatic rings. The average molecular weight is 603 g/mol. The molecule has 0 bridgehead atoms. The number of amides is 1. The van der Waals surface area contributed by atoms with Gasteiger partial charge >= 0.3 is 12.3 Å². The van der Waals surface area contributed by atoms with Gasteiger partial charge in [0.2, 0.25) is 0 Å². The minimum atomic E-state index is -4.61. The third kappa shape index (κ3) is 5.83. The van der Waals surface area contributed by atoms with Crippen molar-refractivity contribution in [2.75, 3.05) is 5.32 Å². The number of rotatable bonds is 8. The standard InChI is InChI=1S/C33H25F3N2O4S/c1-20(21-5-3-2-4-6-21)42-31(40)38-28-26-15-16-27(33(34,35)36)37-30(26)43-29(28)24-9-7-22(8-10-24)23-11-13-25(14-12-23)32(17-18-32)41-19-39/h2-16,19-20H,17-18H2,1H3,(H,38,40)/t20-/m1/s1. The minimum Gasteiger partial charge on any atom is -0.456 e. The Morgan fingerprint density at radius 1 is 0.930 bits per heavy atom. The first-order valence-electron chi connectivity index (χ1n) is 13.5. The van der Waals surface area contributed by atoms with E-state index in [1.807, 2.05) is 78.9 Å². The number of ether oxygens (including phenoxy) is 2. The van der Waals surface area contributed by atoms with E-state index in [4.69, 9.17) is 9.47 Å². The summed E-state index contributed by atoms with van der Waals surface area (Å²) in [6, 6.07) is 26.7. The number of nitrogens with zero attached hydrogens (tertiary/aromatic N) is 1. The monoisotopic (exact) mass is 602 g/mol. The van der Waals surface area contributed by atoms with E-state index in [-0.39, 0.29) is 4.83 Å². The molecule has 10 heteroatoms. The lowest BCUT2D eigenvalue weighted by atomic mass is 9.99. The van der Waals surface area contributed by atoms with Crippen LogP contribution in [0.5, 0.6) is 0 Å². The Bertz CT molecular complexity index is 1780. The molecule has 218 valence electrons. The van der Waals surface area contributed by atoms with Crippen molar-refractivity contribution in [2.24, 2.45) is 0 Å². The van der Waals surface area contributed by atoms with Gasteiger partial charge in [0.25, 0.3) is 6.47 Å². The number of carbonyl (C=O) groups is 2. The van der Waals surface area contributed by atoms with Crippen LogP contribution in [-0.4, -0.2) is 17.5 Å². The largest absolute Gasteiger partial charge is 0.456 e. The second kappa shape index (κ2) is 11.2. The highest BCUT2D eigenvalue weighted by molar-refractivity contribution is 7.22. The molecule has 0 radical (unpaired) electrons. The maximum Gasteiger partial charge on any atom is 0.433 e. The number of fused-ring (bicyclic) bond motifs is 1. The zero-order valence-corrected chi connectivity index (χ0v) is 23.7. The van der Waals surface area contributed by atoms with Gasteiger partial charge in [-0.25, -0.2) is 9.78 Å². The van der Waals surface area contributed by atoms with E-state index >= 15 is 0 Å². The van der Waals surface area contributed by atoms with Crippen LogP contribution in [0.15, 0.2) is 91.0 Å². The van der Waals surface area contributed by atoms with Gasteiger partial charge in [0.05, 0.1) is 10.6 Å². The summed E-state index contributed by atoms with van der Waals surface area (Å²) in [6.07, 6.45) is -4.30. The second-order valence-corrected chi connectivity index (χ2v) is 11.3. The zero-order chi connectivity index (χ0) is 30.2. The van der Waals surface area contributed by atoms with Crippen LogP contribution in [-0.2, 0) is 26.0 Å². The van der Waals surface area contributed by atoms with Crippen LogP contribution in [0.4, 0.5) is 23.7 Å². The summed E-state index contributed by atoms with van der Waals surface area (Å²) in [5.74, 6) is 0. The van der Waals surface area contributed by atoms with Crippen LogP contribution >= 0.6 is 11.3 Å². The highest BCUT2D eigenvalue weighted by Crippen LogP contribution is 2.49. The number of hydrogen-bond donors (Lipinski definition) is 1. The van der Waals surface area contributed by atoms with Crippen molar-refractivity contribution < 1.29 is 32.2 Å². The minimum absolute atomic E-state index is 0.141. The first kappa shape index (κ1) is 28.4. The van der Waals surface area contributed by atoms with Crippen molar-refractivity contribution in [2.45, 2.75) is 37.6 Å². The molecule has 1 N–H and O–H groups in total. The number of alkyl halides is 3. The average Bonchev–Trinajstić information content (AvgIpc) is 3.71. The molecule has 0 unspecified atom stereocenters. The molecule has 2 aromatic heterocycles. The number of pyridine rings is 1. The molecule has 0 saturated heterocycles. The summed E-state index contributed by atoms with van der Waals surface area (Å²) in [6.45, 7) is 2.23. The van der Waals surface area contributed by atoms with E-state index in [2.05, 4.69) is 10.3 Å². The fraction of sp³-hybridized carbons (Fsp3) is 0.182. The van der Waals surface area contributed by atoms with Crippen molar-refractivity contribution in [3.63, 3.8) is 0 Å². The van der Waals surface area contributed by atoms with Gasteiger partial charge in [-0.2, -0.15) is 13.2 Å². The van der Waals surface area contributed by atoms with Gasteiger partial charge < -0.3 is 9.47 Å². The molecule has 3 aromatic carbocycles. The first-order valence-corrected chi connectivity index (χ1v) is 14.3. The third-order valence-corrected chi connectivity index (χ3v) is 8.64. The summed E-state index contributed by atoms with van der Waals surface area (Å²) in [4.78, 5) is 28.4. The fourth-order valence-electron chi connectivity index (χ4n) is 5.01. The van der Waals surface area contributed by atoms with E-state index in [1.165, 1.54) is 6.07 Å². The van der Waals surface area contributed by atoms with Crippen molar-refractivity contribution in [1.29, 1.82) is 0 Å². The van der Waals surface area contributed by atoms with Crippen LogP contribution in [0, 0.1) is 0 Å². The number of carbonyl (C=O) groups excluding carboxylic acids is 2. The summed E-state index contributed by atoms with van der Waals surface area (Å²) in [7, 11) is 0. The lowest BCUT2D eigenvalue weighted by Crippen LogP contribution is -2.16. The maximum absolute atomic E-state index is 13.4. The Kier molecular flexibility index (Phi) is 7.39. The predicted molar refractivity (Wildman–Crippen MR) is 159 cm³/mol. The molecule has 1 aliphatic carbocycles. The van der Waals surface area contributed by atoms with Crippen LogP contribution in [0.2, 0.25) is 0 Å². The quantitative estimate of drug-likeness (QED) is 0.179. The van der Waals surface area contributed by atoms with Crippen LogP contribution in [0.1, 0.15) is 42.7 Å². The Hall–Kier alpha value is -4.70.